The van der Waals surface area contributed by atoms with E-state index in [-0.39, 0.29) is 24.8 Å². The largest absolute Gasteiger partial charge is 0.391 e. The number of aryl methyl sites for hydroxylation is 1. The molecule has 0 aliphatic heterocycles. The fraction of sp³-hybridized carbons (Fsp3) is 0.692. The average molecular weight is 292 g/mol. The van der Waals surface area contributed by atoms with Crippen molar-refractivity contribution in [3.63, 3.8) is 0 Å². The van der Waals surface area contributed by atoms with Gasteiger partial charge < -0.3 is 0 Å². The molecule has 1 aromatic heterocycles. The van der Waals surface area contributed by atoms with Crippen LogP contribution in [-0.4, -0.2) is 6.18 Å². The van der Waals surface area contributed by atoms with E-state index in [1.54, 1.807) is 11.3 Å². The summed E-state index contributed by atoms with van der Waals surface area (Å²) in [6.45, 7) is 2.02. The highest BCUT2D eigenvalue weighted by molar-refractivity contribution is 7.12. The van der Waals surface area contributed by atoms with Crippen LogP contribution < -0.4 is 11.3 Å². The molecule has 0 spiro atoms. The molecular formula is C13H19F3N2S. The summed E-state index contributed by atoms with van der Waals surface area (Å²) in [7, 11) is 0. The summed E-state index contributed by atoms with van der Waals surface area (Å²) < 4.78 is 37.9. The molecule has 1 atom stereocenters. The molecule has 6 heteroatoms. The van der Waals surface area contributed by atoms with Gasteiger partial charge in [0.1, 0.15) is 0 Å². The molecule has 2 rings (SSSR count). The molecular weight excluding hydrogens is 273 g/mol. The molecule has 0 radical (unpaired) electrons. The SMILES string of the molecule is Cc1ccc(C(NN)C2CCC(C(F)(F)F)CC2)s1. The van der Waals surface area contributed by atoms with Gasteiger partial charge >= 0.3 is 6.18 Å². The number of nitrogens with one attached hydrogen (secondary N) is 1. The molecule has 1 aliphatic rings. The summed E-state index contributed by atoms with van der Waals surface area (Å²) in [5, 5.41) is 0. The molecule has 1 aliphatic carbocycles. The summed E-state index contributed by atoms with van der Waals surface area (Å²) in [6.07, 6.45) is -2.45. The predicted octanol–water partition coefficient (Wildman–Crippen LogP) is 3.93. The normalized spacial score (nSPS) is 26.4. The van der Waals surface area contributed by atoms with Crippen molar-refractivity contribution in [3.8, 4) is 0 Å². The van der Waals surface area contributed by atoms with Crippen molar-refractivity contribution in [3.05, 3.63) is 21.9 Å². The first-order chi connectivity index (χ1) is 8.91. The molecule has 1 unspecified atom stereocenters. The van der Waals surface area contributed by atoms with Crippen molar-refractivity contribution >= 4 is 11.3 Å². The highest BCUT2D eigenvalue weighted by Crippen LogP contribution is 2.43. The van der Waals surface area contributed by atoms with Gasteiger partial charge in [0.15, 0.2) is 0 Å². The van der Waals surface area contributed by atoms with Gasteiger partial charge in [-0.1, -0.05) is 0 Å². The van der Waals surface area contributed by atoms with E-state index >= 15 is 0 Å². The first kappa shape index (κ1) is 14.8. The van der Waals surface area contributed by atoms with Crippen molar-refractivity contribution in [2.75, 3.05) is 0 Å². The lowest BCUT2D eigenvalue weighted by molar-refractivity contribution is -0.184. The van der Waals surface area contributed by atoms with Crippen molar-refractivity contribution in [1.82, 2.24) is 5.43 Å². The van der Waals surface area contributed by atoms with Crippen LogP contribution in [0.1, 0.15) is 41.5 Å². The Morgan fingerprint density at radius 1 is 1.26 bits per heavy atom. The Kier molecular flexibility index (Phi) is 4.53. The van der Waals surface area contributed by atoms with Gasteiger partial charge in [-0.15, -0.1) is 11.3 Å². The summed E-state index contributed by atoms with van der Waals surface area (Å²) in [6, 6.07) is 4.01. The maximum Gasteiger partial charge on any atom is 0.391 e. The second kappa shape index (κ2) is 5.81. The van der Waals surface area contributed by atoms with Crippen LogP contribution in [0.4, 0.5) is 13.2 Å². The van der Waals surface area contributed by atoms with Gasteiger partial charge in [-0.25, -0.2) is 0 Å². The molecule has 1 heterocycles. The molecule has 0 aromatic carbocycles. The maximum atomic E-state index is 12.6. The number of halogens is 3. The van der Waals surface area contributed by atoms with Crippen molar-refractivity contribution in [2.45, 2.75) is 44.8 Å². The minimum atomic E-state index is -4.05. The van der Waals surface area contributed by atoms with Gasteiger partial charge in [-0.2, -0.15) is 13.2 Å². The Hall–Kier alpha value is -0.590. The van der Waals surface area contributed by atoms with Gasteiger partial charge in [-0.05, 0) is 50.7 Å². The molecule has 0 amide bonds. The molecule has 0 saturated heterocycles. The van der Waals surface area contributed by atoms with Crippen LogP contribution in [0, 0.1) is 18.8 Å². The Balaban J connectivity index is 1.99. The molecule has 1 saturated carbocycles. The van der Waals surface area contributed by atoms with Crippen LogP contribution >= 0.6 is 11.3 Å². The third kappa shape index (κ3) is 3.49. The number of hydrogen-bond acceptors (Lipinski definition) is 3. The fourth-order valence-electron chi connectivity index (χ4n) is 2.85. The Morgan fingerprint density at radius 2 is 1.89 bits per heavy atom. The molecule has 0 bridgehead atoms. The molecule has 2 nitrogen and oxygen atoms in total. The number of thiophene rings is 1. The Morgan fingerprint density at radius 3 is 2.32 bits per heavy atom. The average Bonchev–Trinajstić information content (AvgIpc) is 2.76. The zero-order valence-corrected chi connectivity index (χ0v) is 11.7. The van der Waals surface area contributed by atoms with E-state index in [9.17, 15) is 13.2 Å². The van der Waals surface area contributed by atoms with E-state index in [0.717, 1.165) is 4.88 Å². The van der Waals surface area contributed by atoms with E-state index < -0.39 is 12.1 Å². The first-order valence-corrected chi connectivity index (χ1v) is 7.32. The molecule has 1 fully saturated rings. The molecule has 3 N–H and O–H groups in total. The fourth-order valence-corrected chi connectivity index (χ4v) is 3.88. The lowest BCUT2D eigenvalue weighted by Gasteiger charge is -2.33. The topological polar surface area (TPSA) is 38.0 Å². The Bertz CT molecular complexity index is 408. The standard InChI is InChI=1S/C13H19F3N2S/c1-8-2-7-11(19-8)12(18-17)9-3-5-10(6-4-9)13(14,15)16/h2,7,9-10,12,18H,3-6,17H2,1H3. The molecule has 108 valence electrons. The minimum absolute atomic E-state index is 0.0205. The van der Waals surface area contributed by atoms with E-state index in [1.807, 2.05) is 19.1 Å². The number of rotatable bonds is 3. The van der Waals surface area contributed by atoms with E-state index in [2.05, 4.69) is 5.43 Å². The lowest BCUT2D eigenvalue weighted by atomic mass is 9.78. The first-order valence-electron chi connectivity index (χ1n) is 6.51. The van der Waals surface area contributed by atoms with Crippen molar-refractivity contribution < 1.29 is 13.2 Å². The minimum Gasteiger partial charge on any atom is -0.271 e. The zero-order chi connectivity index (χ0) is 14.0. The third-order valence-electron chi connectivity index (χ3n) is 3.95. The maximum absolute atomic E-state index is 12.6. The van der Waals surface area contributed by atoms with Gasteiger partial charge in [-0.3, -0.25) is 11.3 Å². The second-order valence-corrected chi connectivity index (χ2v) is 6.57. The van der Waals surface area contributed by atoms with Crippen molar-refractivity contribution in [2.24, 2.45) is 17.7 Å². The summed E-state index contributed by atoms with van der Waals surface area (Å²) in [5.74, 6) is 4.66. The number of nitrogens with two attached hydrogens (primary N) is 1. The van der Waals surface area contributed by atoms with E-state index in [4.69, 9.17) is 5.84 Å². The van der Waals surface area contributed by atoms with Crippen LogP contribution in [0.5, 0.6) is 0 Å². The number of hydrogen-bond donors (Lipinski definition) is 2. The number of hydrazine groups is 1. The van der Waals surface area contributed by atoms with E-state index in [1.165, 1.54) is 4.88 Å². The van der Waals surface area contributed by atoms with Crippen LogP contribution in [-0.2, 0) is 0 Å². The quantitative estimate of drug-likeness (QED) is 0.654. The highest BCUT2D eigenvalue weighted by Gasteiger charge is 2.42. The number of alkyl halides is 3. The zero-order valence-electron chi connectivity index (χ0n) is 10.8. The summed E-state index contributed by atoms with van der Waals surface area (Å²) in [4.78, 5) is 2.31. The monoisotopic (exact) mass is 292 g/mol. The smallest absolute Gasteiger partial charge is 0.271 e. The van der Waals surface area contributed by atoms with Crippen LogP contribution in [0.2, 0.25) is 0 Å². The second-order valence-electron chi connectivity index (χ2n) is 5.25. The summed E-state index contributed by atoms with van der Waals surface area (Å²) >= 11 is 1.66. The van der Waals surface area contributed by atoms with Crippen LogP contribution in [0.25, 0.3) is 0 Å². The van der Waals surface area contributed by atoms with Gasteiger partial charge in [0.2, 0.25) is 0 Å². The van der Waals surface area contributed by atoms with Crippen LogP contribution in [0.3, 0.4) is 0 Å². The predicted molar refractivity (Wildman–Crippen MR) is 70.6 cm³/mol. The highest BCUT2D eigenvalue weighted by atomic mass is 32.1. The van der Waals surface area contributed by atoms with Gasteiger partial charge in [0, 0.05) is 9.75 Å². The van der Waals surface area contributed by atoms with Gasteiger partial charge in [0.05, 0.1) is 12.0 Å². The third-order valence-corrected chi connectivity index (χ3v) is 5.04. The van der Waals surface area contributed by atoms with Crippen LogP contribution in [0.15, 0.2) is 12.1 Å². The van der Waals surface area contributed by atoms with E-state index in [0.29, 0.717) is 12.8 Å². The molecule has 1 aromatic rings. The van der Waals surface area contributed by atoms with Crippen molar-refractivity contribution in [1.29, 1.82) is 0 Å². The summed E-state index contributed by atoms with van der Waals surface area (Å²) in [5.41, 5.74) is 2.78. The molecule has 19 heavy (non-hydrogen) atoms. The van der Waals surface area contributed by atoms with Gasteiger partial charge in [0.25, 0.3) is 0 Å². The lowest BCUT2D eigenvalue weighted by Crippen LogP contribution is -2.36. The Labute approximate surface area is 115 Å².